The highest BCUT2D eigenvalue weighted by Gasteiger charge is 2.21. The predicted molar refractivity (Wildman–Crippen MR) is 94.3 cm³/mol. The normalized spacial score (nSPS) is 15.4. The van der Waals surface area contributed by atoms with Crippen molar-refractivity contribution in [3.8, 4) is 11.3 Å². The van der Waals surface area contributed by atoms with Crippen molar-refractivity contribution in [2.24, 2.45) is 5.92 Å². The van der Waals surface area contributed by atoms with Crippen LogP contribution in [0.4, 0.5) is 5.82 Å². The highest BCUT2D eigenvalue weighted by atomic mass is 16.5. The number of nitrogens with one attached hydrogen (secondary N) is 1. The molecule has 0 radical (unpaired) electrons. The lowest BCUT2D eigenvalue weighted by atomic mass is 10.1. The van der Waals surface area contributed by atoms with E-state index in [1.807, 2.05) is 36.4 Å². The molecular weight excluding hydrogens is 318 g/mol. The van der Waals surface area contributed by atoms with Crippen molar-refractivity contribution in [1.82, 2.24) is 19.6 Å². The van der Waals surface area contributed by atoms with E-state index in [2.05, 4.69) is 20.4 Å². The van der Waals surface area contributed by atoms with E-state index < -0.39 is 6.10 Å². The second-order valence-corrected chi connectivity index (χ2v) is 6.38. The third-order valence-corrected chi connectivity index (χ3v) is 4.20. The maximum absolute atomic E-state index is 10.1. The molecule has 0 amide bonds. The Morgan fingerprint density at radius 1 is 1.28 bits per heavy atom. The van der Waals surface area contributed by atoms with Crippen LogP contribution < -0.4 is 5.32 Å². The van der Waals surface area contributed by atoms with Crippen LogP contribution in [0.25, 0.3) is 17.0 Å². The molecule has 1 saturated carbocycles. The second-order valence-electron chi connectivity index (χ2n) is 6.38. The van der Waals surface area contributed by atoms with Gasteiger partial charge in [-0.25, -0.2) is 4.98 Å². The fourth-order valence-corrected chi connectivity index (χ4v) is 2.63. The van der Waals surface area contributed by atoms with Crippen molar-refractivity contribution in [1.29, 1.82) is 0 Å². The molecule has 2 aromatic heterocycles. The molecule has 0 spiro atoms. The van der Waals surface area contributed by atoms with Gasteiger partial charge in [0.15, 0.2) is 0 Å². The van der Waals surface area contributed by atoms with E-state index in [9.17, 15) is 5.11 Å². The van der Waals surface area contributed by atoms with Gasteiger partial charge in [0, 0.05) is 24.8 Å². The van der Waals surface area contributed by atoms with Crippen molar-refractivity contribution in [3.63, 3.8) is 0 Å². The van der Waals surface area contributed by atoms with Gasteiger partial charge >= 0.3 is 0 Å². The van der Waals surface area contributed by atoms with Crippen LogP contribution in [-0.4, -0.2) is 50.6 Å². The summed E-state index contributed by atoms with van der Waals surface area (Å²) in [5.41, 5.74) is 1.81. The molecule has 7 nitrogen and oxygen atoms in total. The molecule has 0 bridgehead atoms. The van der Waals surface area contributed by atoms with Gasteiger partial charge in [0.25, 0.3) is 5.78 Å². The smallest absolute Gasteiger partial charge is 0.254 e. The molecule has 1 fully saturated rings. The molecule has 7 heteroatoms. The van der Waals surface area contributed by atoms with E-state index in [-0.39, 0.29) is 0 Å². The molecule has 0 aliphatic heterocycles. The molecular formula is C18H21N5O2. The van der Waals surface area contributed by atoms with Gasteiger partial charge in [-0.1, -0.05) is 30.3 Å². The van der Waals surface area contributed by atoms with E-state index in [1.165, 1.54) is 19.2 Å². The maximum atomic E-state index is 10.1. The summed E-state index contributed by atoms with van der Waals surface area (Å²) in [5, 5.41) is 17.5. The Bertz CT molecular complexity index is 832. The summed E-state index contributed by atoms with van der Waals surface area (Å²) < 4.78 is 7.17. The summed E-state index contributed by atoms with van der Waals surface area (Å²) in [6.45, 7) is 1.45. The minimum atomic E-state index is -0.578. The summed E-state index contributed by atoms with van der Waals surface area (Å²) in [7, 11) is 0. The van der Waals surface area contributed by atoms with Gasteiger partial charge in [-0.05, 0) is 18.8 Å². The number of nitrogens with zero attached hydrogens (tertiary/aromatic N) is 4. The lowest BCUT2D eigenvalue weighted by Crippen LogP contribution is -2.26. The molecule has 2 heterocycles. The largest absolute Gasteiger partial charge is 0.389 e. The van der Waals surface area contributed by atoms with Crippen molar-refractivity contribution in [2.75, 3.05) is 25.1 Å². The molecule has 1 aliphatic carbocycles. The first kappa shape index (κ1) is 16.0. The Morgan fingerprint density at radius 3 is 2.92 bits per heavy atom. The Balaban J connectivity index is 1.47. The number of ether oxygens (including phenoxy) is 1. The number of aliphatic hydroxyl groups excluding tert-OH is 1. The highest BCUT2D eigenvalue weighted by Crippen LogP contribution is 2.28. The van der Waals surface area contributed by atoms with Gasteiger partial charge in [-0.2, -0.15) is 14.6 Å². The van der Waals surface area contributed by atoms with Gasteiger partial charge in [0.2, 0.25) is 0 Å². The van der Waals surface area contributed by atoms with Crippen molar-refractivity contribution in [2.45, 2.75) is 18.9 Å². The van der Waals surface area contributed by atoms with Crippen LogP contribution in [0.15, 0.2) is 42.7 Å². The monoisotopic (exact) mass is 339 g/mol. The van der Waals surface area contributed by atoms with Gasteiger partial charge in [-0.3, -0.25) is 0 Å². The molecule has 1 aliphatic rings. The van der Waals surface area contributed by atoms with E-state index in [0.29, 0.717) is 24.8 Å². The van der Waals surface area contributed by atoms with E-state index >= 15 is 0 Å². The average Bonchev–Trinajstić information content (AvgIpc) is 3.34. The lowest BCUT2D eigenvalue weighted by Gasteiger charge is -2.14. The second kappa shape index (κ2) is 7.16. The average molecular weight is 339 g/mol. The molecule has 1 aromatic carbocycles. The van der Waals surface area contributed by atoms with Crippen LogP contribution in [0.5, 0.6) is 0 Å². The number of benzene rings is 1. The SMILES string of the molecule is OC(CNc1cc(-c2ccccc2)nc2ncnn12)COCC1CC1. The summed E-state index contributed by atoms with van der Waals surface area (Å²) in [6.07, 6.45) is 3.39. The van der Waals surface area contributed by atoms with Crippen LogP contribution in [0.1, 0.15) is 12.8 Å². The lowest BCUT2D eigenvalue weighted by molar-refractivity contribution is 0.0385. The third-order valence-electron chi connectivity index (χ3n) is 4.20. The van der Waals surface area contributed by atoms with Crippen molar-refractivity contribution in [3.05, 3.63) is 42.7 Å². The third kappa shape index (κ3) is 3.94. The Kier molecular flexibility index (Phi) is 4.58. The van der Waals surface area contributed by atoms with Gasteiger partial charge < -0.3 is 15.2 Å². The number of anilines is 1. The van der Waals surface area contributed by atoms with Crippen LogP contribution in [-0.2, 0) is 4.74 Å². The van der Waals surface area contributed by atoms with Crippen LogP contribution in [0, 0.1) is 5.92 Å². The zero-order valence-corrected chi connectivity index (χ0v) is 13.9. The van der Waals surface area contributed by atoms with Gasteiger partial charge in [-0.15, -0.1) is 0 Å². The molecule has 4 rings (SSSR count). The van der Waals surface area contributed by atoms with Gasteiger partial charge in [0.05, 0.1) is 18.4 Å². The Hall–Kier alpha value is -2.51. The van der Waals surface area contributed by atoms with E-state index in [4.69, 9.17) is 4.74 Å². The summed E-state index contributed by atoms with van der Waals surface area (Å²) in [4.78, 5) is 8.71. The van der Waals surface area contributed by atoms with Crippen molar-refractivity contribution < 1.29 is 9.84 Å². The molecule has 1 atom stereocenters. The Labute approximate surface area is 145 Å². The van der Waals surface area contributed by atoms with E-state index in [0.717, 1.165) is 23.7 Å². The molecule has 3 aromatic rings. The number of aliphatic hydroxyl groups is 1. The van der Waals surface area contributed by atoms with Crippen LogP contribution in [0.3, 0.4) is 0 Å². The molecule has 25 heavy (non-hydrogen) atoms. The molecule has 2 N–H and O–H groups in total. The van der Waals surface area contributed by atoms with Crippen LogP contribution in [0.2, 0.25) is 0 Å². The molecule has 130 valence electrons. The fraction of sp³-hybridized carbons (Fsp3) is 0.389. The van der Waals surface area contributed by atoms with Crippen LogP contribution >= 0.6 is 0 Å². The number of hydrogen-bond acceptors (Lipinski definition) is 6. The summed E-state index contributed by atoms with van der Waals surface area (Å²) in [5.74, 6) is 1.95. The quantitative estimate of drug-likeness (QED) is 0.653. The number of fused-ring (bicyclic) bond motifs is 1. The maximum Gasteiger partial charge on any atom is 0.254 e. The number of hydrogen-bond donors (Lipinski definition) is 2. The first-order valence-corrected chi connectivity index (χ1v) is 8.55. The topological polar surface area (TPSA) is 84.6 Å². The minimum Gasteiger partial charge on any atom is -0.389 e. The zero-order chi connectivity index (χ0) is 17.1. The zero-order valence-electron chi connectivity index (χ0n) is 13.9. The number of aromatic nitrogens is 4. The summed E-state index contributed by atoms with van der Waals surface area (Å²) >= 11 is 0. The Morgan fingerprint density at radius 2 is 2.12 bits per heavy atom. The first-order chi connectivity index (χ1) is 12.3. The fourth-order valence-electron chi connectivity index (χ4n) is 2.63. The first-order valence-electron chi connectivity index (χ1n) is 8.55. The minimum absolute atomic E-state index is 0.334. The van der Waals surface area contributed by atoms with Gasteiger partial charge in [0.1, 0.15) is 12.1 Å². The highest BCUT2D eigenvalue weighted by molar-refractivity contribution is 5.65. The summed E-state index contributed by atoms with van der Waals surface area (Å²) in [6, 6.07) is 11.8. The van der Waals surface area contributed by atoms with Crippen molar-refractivity contribution >= 4 is 11.6 Å². The molecule has 1 unspecified atom stereocenters. The molecule has 0 saturated heterocycles. The van der Waals surface area contributed by atoms with E-state index in [1.54, 1.807) is 4.52 Å². The number of rotatable bonds is 8. The predicted octanol–water partition coefficient (Wildman–Crippen LogP) is 1.99. The standard InChI is InChI=1S/C18H21N5O2/c24-15(11-25-10-13-6-7-13)9-19-17-8-16(14-4-2-1-3-5-14)22-18-20-12-21-23(17)18/h1-5,8,12-13,15,19,24H,6-7,9-11H2.